The molecule has 0 aliphatic heterocycles. The van der Waals surface area contributed by atoms with E-state index in [2.05, 4.69) is 23.6 Å². The highest BCUT2D eigenvalue weighted by Gasteiger charge is 2.34. The average molecular weight is 517 g/mol. The maximum absolute atomic E-state index is 12.4. The minimum atomic E-state index is -1.47. The van der Waals surface area contributed by atoms with Crippen LogP contribution in [0.15, 0.2) is 0 Å². The quantitative estimate of drug-likeness (QED) is 0.0716. The van der Waals surface area contributed by atoms with E-state index in [9.17, 15) is 19.8 Å². The van der Waals surface area contributed by atoms with Crippen LogP contribution in [0.25, 0.3) is 0 Å². The molecule has 0 amide bonds. The summed E-state index contributed by atoms with van der Waals surface area (Å²) in [7, 11) is 0. The highest BCUT2D eigenvalue weighted by molar-refractivity contribution is 5.75. The van der Waals surface area contributed by atoms with E-state index in [4.69, 9.17) is 5.11 Å². The summed E-state index contributed by atoms with van der Waals surface area (Å²) >= 11 is 0. The van der Waals surface area contributed by atoms with Crippen LogP contribution in [0.5, 0.6) is 0 Å². The molecule has 3 N–H and O–H groups in total. The number of hydrogen-bond acceptors (Lipinski definition) is 7. The van der Waals surface area contributed by atoms with Crippen LogP contribution in [0.1, 0.15) is 149 Å². The van der Waals surface area contributed by atoms with Gasteiger partial charge in [-0.2, -0.15) is 0 Å². The Morgan fingerprint density at radius 2 is 1.03 bits per heavy atom. The Morgan fingerprint density at radius 1 is 0.611 bits per heavy atom. The van der Waals surface area contributed by atoms with Crippen LogP contribution >= 0.6 is 0 Å². The molecule has 0 bridgehead atoms. The van der Waals surface area contributed by atoms with Gasteiger partial charge in [0, 0.05) is 0 Å². The third-order valence-electron chi connectivity index (χ3n) is 6.87. The van der Waals surface area contributed by atoms with Gasteiger partial charge in [-0.15, -0.1) is 0 Å². The second kappa shape index (κ2) is 25.5. The van der Waals surface area contributed by atoms with Gasteiger partial charge in [0.05, 0.1) is 25.0 Å². The van der Waals surface area contributed by atoms with Crippen molar-refractivity contribution in [3.05, 3.63) is 0 Å². The fourth-order valence-electron chi connectivity index (χ4n) is 4.43. The summed E-state index contributed by atoms with van der Waals surface area (Å²) in [6.45, 7) is 3.69. The molecule has 7 nitrogen and oxygen atoms in total. The Morgan fingerprint density at radius 3 is 1.47 bits per heavy atom. The largest absolute Gasteiger partial charge is 0.394 e. The van der Waals surface area contributed by atoms with Crippen molar-refractivity contribution < 1.29 is 34.7 Å². The van der Waals surface area contributed by atoms with E-state index in [1.54, 1.807) is 0 Å². The summed E-state index contributed by atoms with van der Waals surface area (Å²) in [6.07, 6.45) is 19.4. The lowest BCUT2D eigenvalue weighted by molar-refractivity contribution is -0.265. The number of aliphatic hydroxyl groups excluding tert-OH is 3. The van der Waals surface area contributed by atoms with E-state index in [1.165, 1.54) is 64.2 Å². The van der Waals surface area contributed by atoms with Gasteiger partial charge >= 0.3 is 11.9 Å². The average Bonchev–Trinajstić information content (AvgIpc) is 2.88. The van der Waals surface area contributed by atoms with Crippen molar-refractivity contribution >= 4 is 11.9 Å². The van der Waals surface area contributed by atoms with Gasteiger partial charge in [-0.25, -0.2) is 19.4 Å². The first-order valence-corrected chi connectivity index (χ1v) is 14.9. The molecule has 3 atom stereocenters. The van der Waals surface area contributed by atoms with Crippen molar-refractivity contribution in [2.45, 2.75) is 161 Å². The molecule has 0 fully saturated rings. The highest BCUT2D eigenvalue weighted by atomic mass is 17.2. The zero-order valence-electron chi connectivity index (χ0n) is 23.3. The molecule has 0 aromatic rings. The first-order chi connectivity index (χ1) is 17.5. The summed E-state index contributed by atoms with van der Waals surface area (Å²) in [4.78, 5) is 33.6. The summed E-state index contributed by atoms with van der Waals surface area (Å²) in [5, 5.41) is 29.3. The maximum Gasteiger partial charge on any atom is 0.361 e. The molecule has 0 saturated heterocycles. The predicted molar refractivity (Wildman–Crippen MR) is 143 cm³/mol. The van der Waals surface area contributed by atoms with Crippen LogP contribution in [0.3, 0.4) is 0 Å². The molecule has 0 rings (SSSR count). The molecule has 214 valence electrons. The van der Waals surface area contributed by atoms with Crippen LogP contribution in [-0.4, -0.2) is 46.1 Å². The Hall–Kier alpha value is -1.18. The van der Waals surface area contributed by atoms with Gasteiger partial charge in [0.15, 0.2) is 0 Å². The van der Waals surface area contributed by atoms with Crippen LogP contribution in [0.4, 0.5) is 0 Å². The third-order valence-corrected chi connectivity index (χ3v) is 6.87. The molecule has 0 spiro atoms. The zero-order chi connectivity index (χ0) is 26.9. The van der Waals surface area contributed by atoms with Gasteiger partial charge in [-0.05, 0) is 12.8 Å². The minimum Gasteiger partial charge on any atom is -0.394 e. The Balaban J connectivity index is 4.08. The Kier molecular flexibility index (Phi) is 24.6. The van der Waals surface area contributed by atoms with Crippen molar-refractivity contribution in [1.29, 1.82) is 0 Å². The zero-order valence-corrected chi connectivity index (χ0v) is 23.3. The smallest absolute Gasteiger partial charge is 0.361 e. The normalized spacial score (nSPS) is 13.8. The molecule has 0 aliphatic carbocycles. The molecular formula is C29H56O7. The first-order valence-electron chi connectivity index (χ1n) is 14.9. The number of unbranched alkanes of at least 4 members (excludes halogenated alkanes) is 17. The second-order valence-corrected chi connectivity index (χ2v) is 10.3. The van der Waals surface area contributed by atoms with Gasteiger partial charge < -0.3 is 15.3 Å². The fraction of sp³-hybridized carbons (Fsp3) is 0.931. The lowest BCUT2D eigenvalue weighted by Crippen LogP contribution is -2.40. The van der Waals surface area contributed by atoms with Gasteiger partial charge in [0.1, 0.15) is 6.10 Å². The topological polar surface area (TPSA) is 113 Å². The van der Waals surface area contributed by atoms with Crippen LogP contribution < -0.4 is 0 Å². The minimum absolute atomic E-state index is 0.169. The van der Waals surface area contributed by atoms with E-state index in [0.29, 0.717) is 19.3 Å². The van der Waals surface area contributed by atoms with Gasteiger partial charge in [0.2, 0.25) is 0 Å². The van der Waals surface area contributed by atoms with E-state index >= 15 is 0 Å². The van der Waals surface area contributed by atoms with E-state index in [1.807, 2.05) is 0 Å². The Labute approximate surface area is 220 Å². The number of carbonyl (C=O) groups is 2. The van der Waals surface area contributed by atoms with Crippen molar-refractivity contribution in [1.82, 2.24) is 0 Å². The standard InChI is InChI=1S/C29H56O7/c1-3-5-7-9-10-11-12-13-14-15-16-17-19-20-22-25(28(33)26(31)24-30)29(34)36-35-27(32)23-21-18-8-6-4-2/h25-26,28,30-31,33H,3-24H2,1-2H3. The fourth-order valence-corrected chi connectivity index (χ4v) is 4.43. The third kappa shape index (κ3) is 19.9. The SMILES string of the molecule is CCCCCCCCCCCCCCCCC(C(=O)OOC(=O)CCCCCCC)C(O)C(O)CO. The van der Waals surface area contributed by atoms with Crippen molar-refractivity contribution in [2.75, 3.05) is 6.61 Å². The molecule has 0 heterocycles. The molecule has 7 heteroatoms. The van der Waals surface area contributed by atoms with Crippen LogP contribution in [0, 0.1) is 5.92 Å². The van der Waals surface area contributed by atoms with E-state index in [0.717, 1.165) is 44.9 Å². The van der Waals surface area contributed by atoms with Gasteiger partial charge in [-0.3, -0.25) is 0 Å². The lowest BCUT2D eigenvalue weighted by Gasteiger charge is -2.23. The summed E-state index contributed by atoms with van der Waals surface area (Å²) in [5.41, 5.74) is 0. The molecule has 36 heavy (non-hydrogen) atoms. The summed E-state index contributed by atoms with van der Waals surface area (Å²) in [6, 6.07) is 0. The van der Waals surface area contributed by atoms with Crippen molar-refractivity contribution in [2.24, 2.45) is 5.92 Å². The summed E-state index contributed by atoms with van der Waals surface area (Å²) in [5.74, 6) is -2.56. The first kappa shape index (κ1) is 34.8. The maximum atomic E-state index is 12.4. The molecule has 0 radical (unpaired) electrons. The number of aliphatic hydroxyl groups is 3. The molecular weight excluding hydrogens is 460 g/mol. The molecule has 0 aromatic carbocycles. The number of hydrogen-bond donors (Lipinski definition) is 3. The number of rotatable bonds is 25. The molecule has 0 aromatic heterocycles. The second-order valence-electron chi connectivity index (χ2n) is 10.3. The molecule has 0 aliphatic rings. The van der Waals surface area contributed by atoms with Gasteiger partial charge in [-0.1, -0.05) is 129 Å². The molecule has 3 unspecified atom stereocenters. The lowest BCUT2D eigenvalue weighted by atomic mass is 9.92. The summed E-state index contributed by atoms with van der Waals surface area (Å²) < 4.78 is 0. The highest BCUT2D eigenvalue weighted by Crippen LogP contribution is 2.20. The van der Waals surface area contributed by atoms with Crippen LogP contribution in [0.2, 0.25) is 0 Å². The van der Waals surface area contributed by atoms with Crippen molar-refractivity contribution in [3.8, 4) is 0 Å². The van der Waals surface area contributed by atoms with Crippen molar-refractivity contribution in [3.63, 3.8) is 0 Å². The van der Waals surface area contributed by atoms with Crippen LogP contribution in [-0.2, 0) is 19.4 Å². The van der Waals surface area contributed by atoms with E-state index in [-0.39, 0.29) is 6.42 Å². The monoisotopic (exact) mass is 516 g/mol. The number of carbonyl (C=O) groups excluding carboxylic acids is 2. The van der Waals surface area contributed by atoms with Gasteiger partial charge in [0.25, 0.3) is 0 Å². The Bertz CT molecular complexity index is 512. The molecule has 0 saturated carbocycles. The van der Waals surface area contributed by atoms with E-state index < -0.39 is 36.7 Å². The predicted octanol–water partition coefficient (Wildman–Crippen LogP) is 6.55.